The average molecular weight is 908 g/mol. The Kier molecular flexibility index (Phi) is 7.82. The third kappa shape index (κ3) is 4.95. The maximum atomic E-state index is 11.5. The Morgan fingerprint density at radius 3 is 1.04 bits per heavy atom. The van der Waals surface area contributed by atoms with Gasteiger partial charge in [0.1, 0.15) is 0 Å². The zero-order chi connectivity index (χ0) is 49.2. The van der Waals surface area contributed by atoms with Crippen LogP contribution < -0.4 is 0 Å². The van der Waals surface area contributed by atoms with E-state index in [1.165, 1.54) is 107 Å². The van der Waals surface area contributed by atoms with Gasteiger partial charge in [0.15, 0.2) is 0 Å². The third-order valence-corrected chi connectivity index (χ3v) is 21.2. The summed E-state index contributed by atoms with van der Waals surface area (Å²) in [4.78, 5) is 0. The van der Waals surface area contributed by atoms with Crippen LogP contribution in [0.25, 0.3) is 60.3 Å². The van der Waals surface area contributed by atoms with E-state index >= 15 is 0 Å². The van der Waals surface area contributed by atoms with Crippen molar-refractivity contribution in [2.45, 2.75) is 218 Å². The quantitative estimate of drug-likeness (QED) is 0.152. The molecule has 5 aromatic carbocycles. The normalized spacial score (nSPS) is 23.4. The molecule has 69 heavy (non-hydrogen) atoms. The predicted octanol–water partition coefficient (Wildman–Crippen LogP) is 17.3. The first-order valence-electron chi connectivity index (χ1n) is 26.7. The molecule has 0 amide bonds. The van der Waals surface area contributed by atoms with Gasteiger partial charge in [0, 0.05) is 32.4 Å². The van der Waals surface area contributed by atoms with Crippen LogP contribution in [-0.2, 0) is 48.7 Å². The van der Waals surface area contributed by atoms with Gasteiger partial charge in [-0.1, -0.05) is 130 Å². The van der Waals surface area contributed by atoms with Crippen LogP contribution >= 0.6 is 0 Å². The minimum atomic E-state index is -0.376. The lowest BCUT2D eigenvalue weighted by Crippen LogP contribution is -2.43. The van der Waals surface area contributed by atoms with Crippen molar-refractivity contribution in [3.8, 4) is 34.4 Å². The molecule has 2 aromatic heterocycles. The zero-order valence-corrected chi connectivity index (χ0v) is 45.0. The summed E-state index contributed by atoms with van der Waals surface area (Å²) in [5, 5.41) is 28.6. The lowest BCUT2D eigenvalue weighted by molar-refractivity contribution is 0.245. The van der Waals surface area contributed by atoms with Crippen LogP contribution in [0.4, 0.5) is 0 Å². The van der Waals surface area contributed by atoms with Gasteiger partial charge in [-0.05, 0) is 197 Å². The summed E-state index contributed by atoms with van der Waals surface area (Å²) in [5.41, 5.74) is 25.3. The minimum absolute atomic E-state index is 0.0286. The van der Waals surface area contributed by atoms with Gasteiger partial charge < -0.3 is 4.40 Å². The van der Waals surface area contributed by atoms with Crippen molar-refractivity contribution < 1.29 is 0 Å². The molecule has 3 nitrogen and oxygen atoms in total. The van der Waals surface area contributed by atoms with E-state index in [1.807, 2.05) is 0 Å². The maximum absolute atomic E-state index is 11.5. The minimum Gasteiger partial charge on any atom is -0.308 e. The predicted molar refractivity (Wildman–Crippen MR) is 288 cm³/mol. The van der Waals surface area contributed by atoms with Gasteiger partial charge in [-0.3, -0.25) is 0 Å². The molecule has 0 bridgehead atoms. The highest BCUT2D eigenvalue weighted by molar-refractivity contribution is 6.32. The standard InChI is InChI=1S/C66H73N3/c1-58(2)18-20-60(5,6)42-30-38-36(28-40(42)58)46-48-44(26-34(32-67)52(46)64(38,13)14)69-45-27-35(33-68)53-47(37-29-41-43(31-39(37)65(53,15)16)61(7,8)21-19-59(41,3)4)49(45)51-55-56-54(50(48)57(51)69)62(9,10)22-24-66(56,17)25-23-63(55,11)12/h26-31H,18-25H2,1-17H3. The molecule has 0 unspecified atom stereocenters. The lowest BCUT2D eigenvalue weighted by Gasteiger charge is -2.52. The fourth-order valence-corrected chi connectivity index (χ4v) is 16.7. The number of nitriles is 2. The van der Waals surface area contributed by atoms with Crippen LogP contribution in [0.5, 0.6) is 0 Å². The van der Waals surface area contributed by atoms with Crippen LogP contribution in [0.2, 0.25) is 0 Å². The monoisotopic (exact) mass is 908 g/mol. The number of rotatable bonds is 0. The van der Waals surface area contributed by atoms with Crippen molar-refractivity contribution in [3.05, 3.63) is 109 Å². The van der Waals surface area contributed by atoms with E-state index in [9.17, 15) is 10.5 Å². The van der Waals surface area contributed by atoms with Crippen LogP contribution in [-0.4, -0.2) is 4.40 Å². The Hall–Kier alpha value is -5.12. The van der Waals surface area contributed by atoms with E-state index in [-0.39, 0.29) is 48.7 Å². The van der Waals surface area contributed by atoms with Crippen molar-refractivity contribution in [1.82, 2.24) is 4.40 Å². The Bertz CT molecular complexity index is 3460. The van der Waals surface area contributed by atoms with Crippen molar-refractivity contribution >= 4 is 38.1 Å². The Morgan fingerprint density at radius 2 is 0.696 bits per heavy atom. The van der Waals surface area contributed by atoms with Gasteiger partial charge >= 0.3 is 0 Å². The van der Waals surface area contributed by atoms with E-state index in [4.69, 9.17) is 0 Å². The first kappa shape index (κ1) is 43.9. The molecule has 2 heterocycles. The van der Waals surface area contributed by atoms with E-state index in [2.05, 4.69) is 171 Å². The summed E-state index contributed by atoms with van der Waals surface area (Å²) in [6.07, 6.45) is 9.24. The van der Waals surface area contributed by atoms with Crippen LogP contribution in [0.15, 0.2) is 36.4 Å². The molecule has 13 rings (SSSR count). The van der Waals surface area contributed by atoms with Gasteiger partial charge in [0.2, 0.25) is 0 Å². The summed E-state index contributed by atoms with van der Waals surface area (Å²) in [7, 11) is 0. The highest BCUT2D eigenvalue weighted by Crippen LogP contribution is 2.66. The van der Waals surface area contributed by atoms with E-state index in [0.717, 1.165) is 60.7 Å². The number of fused-ring (bicyclic) bond motifs is 18. The van der Waals surface area contributed by atoms with Gasteiger partial charge in [0.05, 0.1) is 39.8 Å². The molecule has 3 heteroatoms. The lowest BCUT2D eigenvalue weighted by atomic mass is 9.52. The fourth-order valence-electron chi connectivity index (χ4n) is 16.7. The summed E-state index contributed by atoms with van der Waals surface area (Å²) in [6.45, 7) is 41.9. The van der Waals surface area contributed by atoms with Gasteiger partial charge in [-0.25, -0.2) is 0 Å². The van der Waals surface area contributed by atoms with Crippen molar-refractivity contribution in [3.63, 3.8) is 0 Å². The van der Waals surface area contributed by atoms with E-state index in [1.54, 1.807) is 16.7 Å². The number of aromatic nitrogens is 1. The Balaban J connectivity index is 1.31. The SMILES string of the molecule is CC1(C)CCC(C)(C)c2cc3c(cc21)-c1c(c(C#N)cc2c1c1c4c5c(c6c7c8c(c(C#N)cc7n2c16)C(C)(C)c1cc2c(cc1-8)C(C)(C)CCC2(C)C)C(C)(C)CCC5(C)CCC4(C)C)C3(C)C. The second-order valence-corrected chi connectivity index (χ2v) is 28.9. The molecule has 6 aliphatic carbocycles. The molecule has 0 N–H and O–H groups in total. The van der Waals surface area contributed by atoms with Crippen molar-refractivity contribution in [1.29, 1.82) is 10.5 Å². The van der Waals surface area contributed by atoms with Gasteiger partial charge in [-0.15, -0.1) is 0 Å². The summed E-state index contributed by atoms with van der Waals surface area (Å²) < 4.78 is 2.61. The number of hydrogen-bond donors (Lipinski definition) is 0. The molecule has 6 aliphatic rings. The van der Waals surface area contributed by atoms with E-state index in [0.29, 0.717) is 0 Å². The van der Waals surface area contributed by atoms with Gasteiger partial charge in [-0.2, -0.15) is 10.5 Å². The number of hydrogen-bond acceptors (Lipinski definition) is 2. The Labute approximate surface area is 412 Å². The average Bonchev–Trinajstić information content (AvgIpc) is 3.93. The molecule has 0 radical (unpaired) electrons. The van der Waals surface area contributed by atoms with Crippen molar-refractivity contribution in [2.75, 3.05) is 0 Å². The number of benzene rings is 5. The largest absolute Gasteiger partial charge is 0.308 e. The van der Waals surface area contributed by atoms with E-state index < -0.39 is 0 Å². The molecule has 0 fully saturated rings. The molecule has 352 valence electrons. The highest BCUT2D eigenvalue weighted by Gasteiger charge is 2.53. The topological polar surface area (TPSA) is 52.0 Å². The first-order chi connectivity index (χ1) is 32.0. The Morgan fingerprint density at radius 1 is 0.362 bits per heavy atom. The second-order valence-electron chi connectivity index (χ2n) is 28.9. The first-order valence-corrected chi connectivity index (χ1v) is 26.7. The van der Waals surface area contributed by atoms with Crippen molar-refractivity contribution in [2.24, 2.45) is 0 Å². The molecule has 0 aliphatic heterocycles. The molecule has 0 saturated carbocycles. The maximum Gasteiger partial charge on any atom is 0.0995 e. The molecule has 0 saturated heterocycles. The summed E-state index contributed by atoms with van der Waals surface area (Å²) in [6, 6.07) is 20.7. The summed E-state index contributed by atoms with van der Waals surface area (Å²) >= 11 is 0. The molecule has 0 atom stereocenters. The van der Waals surface area contributed by atoms with Crippen LogP contribution in [0, 0.1) is 22.7 Å². The van der Waals surface area contributed by atoms with Gasteiger partial charge in [0.25, 0.3) is 0 Å². The molecular formula is C66H73N3. The van der Waals surface area contributed by atoms with Crippen LogP contribution in [0.3, 0.4) is 0 Å². The molecular weight excluding hydrogens is 835 g/mol. The molecule has 0 spiro atoms. The highest BCUT2D eigenvalue weighted by atomic mass is 14.9. The second kappa shape index (κ2) is 12.3. The summed E-state index contributed by atoms with van der Waals surface area (Å²) in [5.74, 6) is 0. The number of nitrogens with zero attached hydrogens (tertiary/aromatic N) is 3. The zero-order valence-electron chi connectivity index (χ0n) is 45.0. The van der Waals surface area contributed by atoms with Crippen LogP contribution in [0.1, 0.15) is 241 Å². The third-order valence-electron chi connectivity index (χ3n) is 21.2. The fraction of sp³-hybridized carbons (Fsp3) is 0.515. The smallest absolute Gasteiger partial charge is 0.0995 e. The molecule has 7 aromatic rings.